The quantitative estimate of drug-likeness (QED) is 0.682. The van der Waals surface area contributed by atoms with Crippen molar-refractivity contribution < 1.29 is 9.52 Å². The summed E-state index contributed by atoms with van der Waals surface area (Å²) in [6.07, 6.45) is 2.31. The normalized spacial score (nSPS) is 16.8. The highest BCUT2D eigenvalue weighted by atomic mass is 16.4. The number of pyridine rings is 1. The maximum atomic E-state index is 9.88. The second-order valence-electron chi connectivity index (χ2n) is 8.55. The molecule has 1 fully saturated rings. The van der Waals surface area contributed by atoms with Crippen molar-refractivity contribution in [1.82, 2.24) is 24.7 Å². The lowest BCUT2D eigenvalue weighted by molar-refractivity contribution is 0.165. The Balaban J connectivity index is 1.49. The Labute approximate surface area is 171 Å². The minimum absolute atomic E-state index is 0.322. The van der Waals surface area contributed by atoms with Crippen LogP contribution in [0.25, 0.3) is 11.2 Å². The monoisotopic (exact) mass is 398 g/mol. The van der Waals surface area contributed by atoms with E-state index in [0.29, 0.717) is 30.0 Å². The lowest BCUT2D eigenvalue weighted by Gasteiger charge is -2.30. The van der Waals surface area contributed by atoms with Gasteiger partial charge in [0.2, 0.25) is 5.65 Å². The number of aliphatic hydroxyl groups excluding tert-OH is 1. The second-order valence-corrected chi connectivity index (χ2v) is 8.55. The first-order chi connectivity index (χ1) is 13.9. The number of aliphatic hydroxyl groups is 1. The molecule has 4 heterocycles. The van der Waals surface area contributed by atoms with Crippen molar-refractivity contribution in [2.45, 2.75) is 65.5 Å². The first-order valence-electron chi connectivity index (χ1n) is 10.5. The van der Waals surface area contributed by atoms with Gasteiger partial charge in [-0.25, -0.2) is 14.6 Å². The zero-order chi connectivity index (χ0) is 20.5. The number of oxazole rings is 1. The first-order valence-corrected chi connectivity index (χ1v) is 10.5. The van der Waals surface area contributed by atoms with Crippen molar-refractivity contribution in [3.63, 3.8) is 0 Å². The van der Waals surface area contributed by atoms with Gasteiger partial charge < -0.3 is 14.4 Å². The first kappa shape index (κ1) is 19.8. The van der Waals surface area contributed by atoms with Gasteiger partial charge in [-0.2, -0.15) is 10.1 Å². The van der Waals surface area contributed by atoms with E-state index in [1.165, 1.54) is 0 Å². The fraction of sp³-hybridized carbons (Fsp3) is 0.619. The number of fused-ring (bicyclic) bond motifs is 1. The van der Waals surface area contributed by atoms with Crippen molar-refractivity contribution in [3.8, 4) is 0 Å². The van der Waals surface area contributed by atoms with Crippen molar-refractivity contribution in [2.24, 2.45) is 5.92 Å². The third kappa shape index (κ3) is 4.42. The summed E-state index contributed by atoms with van der Waals surface area (Å²) in [7, 11) is 0. The highest BCUT2D eigenvalue weighted by Crippen LogP contribution is 2.31. The van der Waals surface area contributed by atoms with Crippen LogP contribution in [0.1, 0.15) is 56.9 Å². The Kier molecular flexibility index (Phi) is 5.54. The molecule has 1 unspecified atom stereocenters. The van der Waals surface area contributed by atoms with Crippen LogP contribution in [0.4, 0.5) is 6.01 Å². The Morgan fingerprint density at radius 3 is 2.59 bits per heavy atom. The lowest BCUT2D eigenvalue weighted by atomic mass is 9.96. The summed E-state index contributed by atoms with van der Waals surface area (Å²) in [6, 6.07) is 4.51. The van der Waals surface area contributed by atoms with Crippen molar-refractivity contribution in [3.05, 3.63) is 29.5 Å². The number of hydrogen-bond acceptors (Lipinski definition) is 7. The molecular formula is C21H30N6O2. The van der Waals surface area contributed by atoms with Gasteiger partial charge in [-0.3, -0.25) is 0 Å². The fourth-order valence-corrected chi connectivity index (χ4v) is 3.91. The van der Waals surface area contributed by atoms with Crippen LogP contribution in [0.15, 0.2) is 16.5 Å². The molecule has 0 aromatic carbocycles. The molecule has 3 aromatic heterocycles. The molecule has 1 N–H and O–H groups in total. The second kappa shape index (κ2) is 8.10. The molecule has 0 aliphatic carbocycles. The molecule has 29 heavy (non-hydrogen) atoms. The van der Waals surface area contributed by atoms with Gasteiger partial charge in [0.05, 0.1) is 12.6 Å². The van der Waals surface area contributed by atoms with Crippen LogP contribution < -0.4 is 4.90 Å². The molecule has 1 atom stereocenters. The highest BCUT2D eigenvalue weighted by molar-refractivity contribution is 5.70. The molecular weight excluding hydrogens is 368 g/mol. The molecule has 0 spiro atoms. The Hall–Kier alpha value is -2.48. The molecule has 8 nitrogen and oxygen atoms in total. The van der Waals surface area contributed by atoms with E-state index >= 15 is 0 Å². The van der Waals surface area contributed by atoms with Gasteiger partial charge >= 0.3 is 0 Å². The van der Waals surface area contributed by atoms with Gasteiger partial charge in [-0.1, -0.05) is 13.8 Å². The third-order valence-electron chi connectivity index (χ3n) is 5.28. The Morgan fingerprint density at radius 1 is 1.14 bits per heavy atom. The lowest BCUT2D eigenvalue weighted by Crippen LogP contribution is -2.34. The smallest absolute Gasteiger partial charge is 0.299 e. The number of nitrogens with zero attached hydrogens (tertiary/aromatic N) is 6. The SMILES string of the molecule is Cc1ccc2oc(N3CCC(c4nc(CC(C)C)nn4CC(C)O)CC3)nc2n1. The van der Waals surface area contributed by atoms with Gasteiger partial charge in [0.15, 0.2) is 11.4 Å². The van der Waals surface area contributed by atoms with Crippen molar-refractivity contribution in [2.75, 3.05) is 18.0 Å². The molecule has 1 aliphatic heterocycles. The van der Waals surface area contributed by atoms with Gasteiger partial charge in [-0.05, 0) is 44.7 Å². The average molecular weight is 399 g/mol. The summed E-state index contributed by atoms with van der Waals surface area (Å²) in [4.78, 5) is 16.0. The number of rotatable bonds is 6. The van der Waals surface area contributed by atoms with Crippen LogP contribution in [0.2, 0.25) is 0 Å². The zero-order valence-electron chi connectivity index (χ0n) is 17.7. The minimum atomic E-state index is -0.446. The fourth-order valence-electron chi connectivity index (χ4n) is 3.91. The van der Waals surface area contributed by atoms with E-state index in [1.807, 2.05) is 23.7 Å². The number of aromatic nitrogens is 5. The minimum Gasteiger partial charge on any atom is -0.422 e. The molecule has 3 aromatic rings. The maximum absolute atomic E-state index is 9.88. The van der Waals surface area contributed by atoms with Crippen LogP contribution in [0, 0.1) is 12.8 Å². The molecule has 156 valence electrons. The maximum Gasteiger partial charge on any atom is 0.299 e. The van der Waals surface area contributed by atoms with Crippen LogP contribution >= 0.6 is 0 Å². The van der Waals surface area contributed by atoms with E-state index in [1.54, 1.807) is 6.92 Å². The topological polar surface area (TPSA) is 93.1 Å². The van der Waals surface area contributed by atoms with E-state index in [-0.39, 0.29) is 0 Å². The average Bonchev–Trinajstić information content (AvgIpc) is 3.24. The third-order valence-corrected chi connectivity index (χ3v) is 5.28. The Bertz CT molecular complexity index is 969. The summed E-state index contributed by atoms with van der Waals surface area (Å²) in [5.74, 6) is 2.70. The predicted molar refractivity (Wildman–Crippen MR) is 111 cm³/mol. The largest absolute Gasteiger partial charge is 0.422 e. The molecule has 0 saturated carbocycles. The molecule has 0 bridgehead atoms. The zero-order valence-corrected chi connectivity index (χ0v) is 17.7. The molecule has 8 heteroatoms. The highest BCUT2D eigenvalue weighted by Gasteiger charge is 2.28. The number of anilines is 1. The molecule has 0 amide bonds. The van der Waals surface area contributed by atoms with Gasteiger partial charge in [0.1, 0.15) is 5.82 Å². The number of aryl methyl sites for hydroxylation is 1. The summed E-state index contributed by atoms with van der Waals surface area (Å²) in [5.41, 5.74) is 2.32. The standard InChI is InChI=1S/C21H30N6O2/c1-13(2)11-18-23-20(27(25-18)12-15(4)28)16-7-9-26(10-8-16)21-24-19-17(29-21)6-5-14(3)22-19/h5-6,13,15-16,28H,7-12H2,1-4H3. The van der Waals surface area contributed by atoms with Crippen LogP contribution in [0.3, 0.4) is 0 Å². The van der Waals surface area contributed by atoms with E-state index in [9.17, 15) is 5.11 Å². The summed E-state index contributed by atoms with van der Waals surface area (Å²) in [5, 5.41) is 14.5. The van der Waals surface area contributed by atoms with E-state index in [4.69, 9.17) is 9.40 Å². The van der Waals surface area contributed by atoms with E-state index in [2.05, 4.69) is 33.8 Å². The molecule has 1 saturated heterocycles. The summed E-state index contributed by atoms with van der Waals surface area (Å²) in [6.45, 7) is 10.3. The summed E-state index contributed by atoms with van der Waals surface area (Å²) < 4.78 is 7.83. The molecule has 4 rings (SSSR count). The Morgan fingerprint density at radius 2 is 1.90 bits per heavy atom. The van der Waals surface area contributed by atoms with Gasteiger partial charge in [-0.15, -0.1) is 0 Å². The predicted octanol–water partition coefficient (Wildman–Crippen LogP) is 3.09. The van der Waals surface area contributed by atoms with E-state index < -0.39 is 6.10 Å². The van der Waals surface area contributed by atoms with Crippen LogP contribution in [-0.2, 0) is 13.0 Å². The number of hydrogen-bond donors (Lipinski definition) is 1. The molecule has 0 radical (unpaired) electrons. The van der Waals surface area contributed by atoms with Crippen molar-refractivity contribution >= 4 is 17.2 Å². The van der Waals surface area contributed by atoms with E-state index in [0.717, 1.165) is 55.3 Å². The number of piperidine rings is 1. The molecule has 1 aliphatic rings. The van der Waals surface area contributed by atoms with Gasteiger partial charge in [0, 0.05) is 31.1 Å². The summed E-state index contributed by atoms with van der Waals surface area (Å²) >= 11 is 0. The van der Waals surface area contributed by atoms with Crippen LogP contribution in [0.5, 0.6) is 0 Å². The van der Waals surface area contributed by atoms with Crippen molar-refractivity contribution in [1.29, 1.82) is 0 Å². The van der Waals surface area contributed by atoms with Gasteiger partial charge in [0.25, 0.3) is 6.01 Å². The van der Waals surface area contributed by atoms with Crippen LogP contribution in [-0.4, -0.2) is 49.0 Å².